The zero-order chi connectivity index (χ0) is 52.8. The van der Waals surface area contributed by atoms with Crippen molar-refractivity contribution in [1.29, 1.82) is 0 Å². The highest BCUT2D eigenvalue weighted by atomic mass is 15.5. The average molecular weight is 1020 g/mol. The van der Waals surface area contributed by atoms with E-state index in [9.17, 15) is 0 Å². The van der Waals surface area contributed by atoms with Gasteiger partial charge in [0, 0.05) is 16.3 Å². The smallest absolute Gasteiger partial charge is 0.0794 e. The van der Waals surface area contributed by atoms with Gasteiger partial charge in [-0.25, -0.2) is 0 Å². The minimum atomic E-state index is -0.618. The van der Waals surface area contributed by atoms with E-state index < -0.39 is 10.8 Å². The molecule has 0 heterocycles. The number of para-hydroxylation sites is 2. The number of nitrogens with zero attached hydrogens (tertiary/aromatic N) is 1. The molecule has 0 saturated heterocycles. The lowest BCUT2D eigenvalue weighted by molar-refractivity contribution is 0.768. The summed E-state index contributed by atoms with van der Waals surface area (Å²) >= 11 is 0. The van der Waals surface area contributed by atoms with Crippen LogP contribution in [0.4, 0.5) is 17.1 Å². The fourth-order valence-corrected chi connectivity index (χ4v) is 14.4. The highest BCUT2D eigenvalue weighted by Gasteiger charge is 2.48. The molecule has 374 valence electrons. The molecule has 2 heteroatoms. The van der Waals surface area contributed by atoms with Gasteiger partial charge in [-0.1, -0.05) is 273 Å². The van der Waals surface area contributed by atoms with Gasteiger partial charge in [0.25, 0.3) is 0 Å². The summed E-state index contributed by atoms with van der Waals surface area (Å²) in [6, 6.07) is 115. The first-order chi connectivity index (χ1) is 39.7. The third-order valence-electron chi connectivity index (χ3n) is 17.5. The molecule has 0 amide bonds. The van der Waals surface area contributed by atoms with Crippen LogP contribution in [0.15, 0.2) is 309 Å². The Morgan fingerprint density at radius 3 is 1.15 bits per heavy atom. The lowest BCUT2D eigenvalue weighted by Crippen LogP contribution is -2.29. The molecule has 16 rings (SSSR count). The minimum absolute atomic E-state index is 0.604. The zero-order valence-electron chi connectivity index (χ0n) is 43.9. The number of benzene rings is 14. The van der Waals surface area contributed by atoms with Crippen LogP contribution >= 0.6 is 0 Å². The summed E-state index contributed by atoms with van der Waals surface area (Å²) in [5.41, 5.74) is 25.6. The maximum Gasteiger partial charge on any atom is 0.0794 e. The van der Waals surface area contributed by atoms with Gasteiger partial charge in [0.05, 0.1) is 27.9 Å². The largest absolute Gasteiger partial charge is 0.294 e. The van der Waals surface area contributed by atoms with E-state index in [0.29, 0.717) is 0 Å². The molecule has 0 unspecified atom stereocenters. The van der Waals surface area contributed by atoms with E-state index in [1.807, 2.05) is 0 Å². The Hall–Kier alpha value is -10.3. The van der Waals surface area contributed by atoms with Gasteiger partial charge in [-0.05, 0) is 141 Å². The van der Waals surface area contributed by atoms with E-state index in [0.717, 1.165) is 39.1 Å². The Balaban J connectivity index is 1.07. The second-order valence-electron chi connectivity index (χ2n) is 21.5. The lowest BCUT2D eigenvalue weighted by Gasteiger charge is -2.36. The van der Waals surface area contributed by atoms with Crippen molar-refractivity contribution in [3.63, 3.8) is 0 Å². The van der Waals surface area contributed by atoms with E-state index in [-0.39, 0.29) is 0 Å². The maximum absolute atomic E-state index is 4.04. The molecule has 2 aliphatic rings. The Morgan fingerprint density at radius 1 is 0.275 bits per heavy atom. The van der Waals surface area contributed by atoms with E-state index in [1.165, 1.54) is 99.3 Å². The molecule has 0 bridgehead atoms. The number of fused-ring (bicyclic) bond motifs is 6. The lowest BCUT2D eigenvalue weighted by atomic mass is 9.67. The first-order valence-corrected chi connectivity index (χ1v) is 27.8. The van der Waals surface area contributed by atoms with E-state index in [2.05, 4.69) is 320 Å². The topological polar surface area (TPSA) is 15.3 Å². The molecule has 0 aliphatic heterocycles. The SMILES string of the molecule is c1ccc(NN(c2ccccc2)c2c(-c3cccc(C4(c5ccccc5)c5ccccc5-c5ccccc54)c3)c(-c3cccc(C4(c5ccccc5)c5ccccc5-c5ccccc54)c3)c3ccc4cccc5ccc2c3c45)cc1. The van der Waals surface area contributed by atoms with Crippen LogP contribution in [0.2, 0.25) is 0 Å². The summed E-state index contributed by atoms with van der Waals surface area (Å²) in [7, 11) is 0. The van der Waals surface area contributed by atoms with Crippen LogP contribution in [0, 0.1) is 0 Å². The van der Waals surface area contributed by atoms with E-state index in [1.54, 1.807) is 0 Å². The first-order valence-electron chi connectivity index (χ1n) is 27.8. The molecule has 0 radical (unpaired) electrons. The van der Waals surface area contributed by atoms with Crippen LogP contribution in [0.5, 0.6) is 0 Å². The van der Waals surface area contributed by atoms with E-state index >= 15 is 0 Å². The number of anilines is 3. The van der Waals surface area contributed by atoms with Crippen molar-refractivity contribution in [1.82, 2.24) is 0 Å². The molecule has 0 fully saturated rings. The number of hydrazine groups is 1. The molecule has 2 nitrogen and oxygen atoms in total. The maximum atomic E-state index is 4.04. The van der Waals surface area contributed by atoms with Crippen molar-refractivity contribution >= 4 is 49.4 Å². The minimum Gasteiger partial charge on any atom is -0.294 e. The third-order valence-corrected chi connectivity index (χ3v) is 17.5. The third kappa shape index (κ3) is 6.60. The standard InChI is InChI=1S/C78H52N2/c1-5-28-56(29-6-1)77(68-42-17-13-38-62(68)63-39-14-18-43-69(63)77)58-32-22-26-54(50-58)73-66-48-46-52-24-21-25-53-47-49-67(75(66)72(52)53)76(80(61-36-11-4-12-37-61)79-60-34-9-3-10-35-60)74(73)55-27-23-33-59(51-55)78(57-30-7-2-8-31-57)70-44-19-15-40-64(70)65-41-16-20-45-71(65)78/h1-51,79H. The van der Waals surface area contributed by atoms with Crippen LogP contribution in [0.3, 0.4) is 0 Å². The highest BCUT2D eigenvalue weighted by molar-refractivity contribution is 6.31. The van der Waals surface area contributed by atoms with Gasteiger partial charge in [0.1, 0.15) is 0 Å². The monoisotopic (exact) mass is 1020 g/mol. The summed E-state index contributed by atoms with van der Waals surface area (Å²) in [4.78, 5) is 0. The van der Waals surface area contributed by atoms with Gasteiger partial charge in [0.15, 0.2) is 0 Å². The molecular formula is C78H52N2. The Morgan fingerprint density at radius 2 is 0.662 bits per heavy atom. The number of hydrogen-bond acceptors (Lipinski definition) is 2. The van der Waals surface area contributed by atoms with Crippen molar-refractivity contribution in [2.24, 2.45) is 0 Å². The highest BCUT2D eigenvalue weighted by Crippen LogP contribution is 2.60. The molecule has 80 heavy (non-hydrogen) atoms. The summed E-state index contributed by atoms with van der Waals surface area (Å²) in [6.07, 6.45) is 0. The molecule has 14 aromatic rings. The van der Waals surface area contributed by atoms with Gasteiger partial charge in [0.2, 0.25) is 0 Å². The predicted molar refractivity (Wildman–Crippen MR) is 334 cm³/mol. The van der Waals surface area contributed by atoms with Crippen LogP contribution < -0.4 is 10.4 Å². The van der Waals surface area contributed by atoms with Gasteiger partial charge in [-0.15, -0.1) is 0 Å². The molecule has 0 aromatic heterocycles. The van der Waals surface area contributed by atoms with Crippen LogP contribution in [-0.4, -0.2) is 0 Å². The van der Waals surface area contributed by atoms with Crippen LogP contribution in [-0.2, 0) is 10.8 Å². The van der Waals surface area contributed by atoms with Crippen molar-refractivity contribution in [3.05, 3.63) is 354 Å². The molecule has 0 saturated carbocycles. The normalized spacial score (nSPS) is 13.4. The predicted octanol–water partition coefficient (Wildman–Crippen LogP) is 19.8. The van der Waals surface area contributed by atoms with Crippen molar-refractivity contribution in [2.45, 2.75) is 10.8 Å². The van der Waals surface area contributed by atoms with Gasteiger partial charge < -0.3 is 0 Å². The summed E-state index contributed by atoms with van der Waals surface area (Å²) in [5.74, 6) is 0. The molecule has 0 spiro atoms. The Labute approximate surface area is 466 Å². The van der Waals surface area contributed by atoms with Crippen molar-refractivity contribution in [2.75, 3.05) is 10.4 Å². The molecular weight excluding hydrogens is 965 g/mol. The van der Waals surface area contributed by atoms with Gasteiger partial charge in [-0.3, -0.25) is 10.4 Å². The molecule has 2 aliphatic carbocycles. The zero-order valence-corrected chi connectivity index (χ0v) is 43.9. The Kier molecular flexibility index (Phi) is 10.4. The second kappa shape index (κ2) is 18.2. The number of nitrogens with one attached hydrogen (secondary N) is 1. The van der Waals surface area contributed by atoms with Gasteiger partial charge in [-0.2, -0.15) is 0 Å². The average Bonchev–Trinajstić information content (AvgIpc) is 4.14. The fraction of sp³-hybridized carbons (Fsp3) is 0.0256. The summed E-state index contributed by atoms with van der Waals surface area (Å²) in [6.45, 7) is 0. The Bertz CT molecular complexity index is 4570. The molecule has 1 N–H and O–H groups in total. The number of rotatable bonds is 10. The molecule has 0 atom stereocenters. The van der Waals surface area contributed by atoms with E-state index in [4.69, 9.17) is 0 Å². The fourth-order valence-electron chi connectivity index (χ4n) is 14.4. The van der Waals surface area contributed by atoms with Crippen molar-refractivity contribution < 1.29 is 0 Å². The van der Waals surface area contributed by atoms with Crippen LogP contribution in [0.25, 0.3) is 76.8 Å². The second-order valence-corrected chi connectivity index (χ2v) is 21.5. The molecule has 14 aromatic carbocycles. The summed E-state index contributed by atoms with van der Waals surface area (Å²) in [5, 5.41) is 9.65. The number of hydrogen-bond donors (Lipinski definition) is 1. The van der Waals surface area contributed by atoms with Gasteiger partial charge >= 0.3 is 0 Å². The quantitative estimate of drug-likeness (QED) is 0.108. The summed E-state index contributed by atoms with van der Waals surface area (Å²) < 4.78 is 0. The first kappa shape index (κ1) is 45.9. The van der Waals surface area contributed by atoms with Crippen LogP contribution in [0.1, 0.15) is 44.5 Å². The van der Waals surface area contributed by atoms with Crippen molar-refractivity contribution in [3.8, 4) is 44.5 Å².